The van der Waals surface area contributed by atoms with Gasteiger partial charge < -0.3 is 0 Å². The van der Waals surface area contributed by atoms with E-state index in [2.05, 4.69) is 132 Å². The SMILES string of the molecule is C1=CC2C(c3cc(-c4cc5ccccc5c5c4C=CCC5)nc(-c4ccc(-c5ccccn5)cc4)n3)=Cc3ccccc3C2C=C1. The van der Waals surface area contributed by atoms with Crippen LogP contribution in [0.25, 0.3) is 62.4 Å². The normalized spacial score (nSPS) is 17.7. The van der Waals surface area contributed by atoms with Crippen LogP contribution in [0.15, 0.2) is 140 Å². The van der Waals surface area contributed by atoms with Gasteiger partial charge in [0.2, 0.25) is 0 Å². The first kappa shape index (κ1) is 26.7. The lowest BCUT2D eigenvalue weighted by molar-refractivity contribution is 0.706. The van der Waals surface area contributed by atoms with Crippen LogP contribution >= 0.6 is 0 Å². The Kier molecular flexibility index (Phi) is 6.41. The Bertz CT molecular complexity index is 2250. The van der Waals surface area contributed by atoms with Gasteiger partial charge in [-0.15, -0.1) is 0 Å². The van der Waals surface area contributed by atoms with Crippen LogP contribution in [0.2, 0.25) is 0 Å². The molecule has 0 N–H and O–H groups in total. The highest BCUT2D eigenvalue weighted by Crippen LogP contribution is 2.46. The van der Waals surface area contributed by atoms with Gasteiger partial charge in [0.05, 0.1) is 17.1 Å². The maximum absolute atomic E-state index is 5.32. The predicted octanol–water partition coefficient (Wildman–Crippen LogP) is 10.4. The van der Waals surface area contributed by atoms with Crippen LogP contribution in [0.5, 0.6) is 0 Å². The number of pyridine rings is 1. The smallest absolute Gasteiger partial charge is 0.160 e. The lowest BCUT2D eigenvalue weighted by atomic mass is 9.72. The summed E-state index contributed by atoms with van der Waals surface area (Å²) in [5, 5.41) is 2.58. The van der Waals surface area contributed by atoms with Gasteiger partial charge in [-0.05, 0) is 81.8 Å². The van der Waals surface area contributed by atoms with E-state index in [0.29, 0.717) is 0 Å². The summed E-state index contributed by atoms with van der Waals surface area (Å²) in [5.41, 5.74) is 12.6. The molecule has 0 saturated carbocycles. The first-order valence-electron chi connectivity index (χ1n) is 16.1. The zero-order valence-corrected chi connectivity index (χ0v) is 25.3. The maximum atomic E-state index is 5.32. The summed E-state index contributed by atoms with van der Waals surface area (Å²) in [6.07, 6.45) is 19.9. The van der Waals surface area contributed by atoms with Gasteiger partial charge in [-0.25, -0.2) is 9.97 Å². The molecule has 0 radical (unpaired) electrons. The summed E-state index contributed by atoms with van der Waals surface area (Å²) in [4.78, 5) is 15.2. The molecule has 4 aromatic carbocycles. The van der Waals surface area contributed by atoms with Crippen LogP contribution < -0.4 is 0 Å². The largest absolute Gasteiger partial charge is 0.256 e. The molecular formula is C43H31N3. The van der Waals surface area contributed by atoms with Crippen molar-refractivity contribution in [3.05, 3.63) is 168 Å². The molecule has 6 aromatic rings. The number of benzene rings is 4. The molecule has 0 bridgehead atoms. The Morgan fingerprint density at radius 2 is 1.43 bits per heavy atom. The van der Waals surface area contributed by atoms with E-state index in [9.17, 15) is 0 Å². The fraction of sp³-hybridized carbons (Fsp3) is 0.0930. The number of aryl methyl sites for hydroxylation is 1. The minimum Gasteiger partial charge on any atom is -0.256 e. The van der Waals surface area contributed by atoms with Crippen molar-refractivity contribution in [3.63, 3.8) is 0 Å². The molecule has 2 heterocycles. The third-order valence-corrected chi connectivity index (χ3v) is 9.61. The number of hydrogen-bond acceptors (Lipinski definition) is 3. The van der Waals surface area contributed by atoms with Crippen molar-refractivity contribution in [1.82, 2.24) is 15.0 Å². The number of fused-ring (bicyclic) bond motifs is 6. The molecule has 0 amide bonds. The molecular weight excluding hydrogens is 558 g/mol. The lowest BCUT2D eigenvalue weighted by Crippen LogP contribution is -2.18. The second-order valence-electron chi connectivity index (χ2n) is 12.3. The molecule has 3 aliphatic rings. The molecule has 0 saturated heterocycles. The molecule has 3 nitrogen and oxygen atoms in total. The summed E-state index contributed by atoms with van der Waals surface area (Å²) in [7, 11) is 0. The number of rotatable bonds is 4. The van der Waals surface area contributed by atoms with E-state index in [0.717, 1.165) is 52.4 Å². The van der Waals surface area contributed by atoms with Crippen LogP contribution in [-0.2, 0) is 6.42 Å². The fourth-order valence-electron chi connectivity index (χ4n) is 7.38. The first-order valence-corrected chi connectivity index (χ1v) is 16.1. The van der Waals surface area contributed by atoms with Crippen molar-refractivity contribution >= 4 is 28.5 Å². The average Bonchev–Trinajstić information content (AvgIpc) is 3.14. The van der Waals surface area contributed by atoms with Crippen molar-refractivity contribution in [3.8, 4) is 33.9 Å². The van der Waals surface area contributed by atoms with Gasteiger partial charge in [0, 0.05) is 34.7 Å². The molecule has 0 fully saturated rings. The van der Waals surface area contributed by atoms with Crippen LogP contribution in [0.1, 0.15) is 40.3 Å². The Balaban J connectivity index is 1.26. The van der Waals surface area contributed by atoms with Crippen molar-refractivity contribution in [2.75, 3.05) is 0 Å². The van der Waals surface area contributed by atoms with Gasteiger partial charge >= 0.3 is 0 Å². The average molecular weight is 590 g/mol. The quantitative estimate of drug-likeness (QED) is 0.205. The third kappa shape index (κ3) is 4.55. The highest BCUT2D eigenvalue weighted by Gasteiger charge is 2.31. The van der Waals surface area contributed by atoms with Gasteiger partial charge in [-0.2, -0.15) is 0 Å². The highest BCUT2D eigenvalue weighted by molar-refractivity contribution is 5.96. The third-order valence-electron chi connectivity index (χ3n) is 9.61. The van der Waals surface area contributed by atoms with Crippen LogP contribution in [0, 0.1) is 5.92 Å². The Hall–Kier alpha value is -5.67. The second kappa shape index (κ2) is 11.0. The number of allylic oxidation sites excluding steroid dienone is 6. The number of aromatic nitrogens is 3. The molecule has 46 heavy (non-hydrogen) atoms. The van der Waals surface area contributed by atoms with Gasteiger partial charge in [-0.1, -0.05) is 115 Å². The van der Waals surface area contributed by atoms with Crippen molar-refractivity contribution < 1.29 is 0 Å². The fourth-order valence-corrected chi connectivity index (χ4v) is 7.38. The molecule has 3 aliphatic carbocycles. The Morgan fingerprint density at radius 1 is 0.652 bits per heavy atom. The number of hydrogen-bond donors (Lipinski definition) is 0. The highest BCUT2D eigenvalue weighted by atomic mass is 14.9. The molecule has 0 aliphatic heterocycles. The summed E-state index contributed by atoms with van der Waals surface area (Å²) in [5.74, 6) is 1.21. The molecule has 0 spiro atoms. The van der Waals surface area contributed by atoms with E-state index < -0.39 is 0 Å². The van der Waals surface area contributed by atoms with Crippen molar-refractivity contribution in [1.29, 1.82) is 0 Å². The lowest BCUT2D eigenvalue weighted by Gasteiger charge is -2.32. The van der Waals surface area contributed by atoms with Crippen LogP contribution in [0.4, 0.5) is 0 Å². The summed E-state index contributed by atoms with van der Waals surface area (Å²) in [6.45, 7) is 0. The maximum Gasteiger partial charge on any atom is 0.160 e. The van der Waals surface area contributed by atoms with E-state index in [4.69, 9.17) is 9.97 Å². The van der Waals surface area contributed by atoms with Gasteiger partial charge in [0.25, 0.3) is 0 Å². The standard InChI is InChI=1S/C43H31N3/c1-3-13-32-30(11-1)25-38(36-17-7-5-15-34(32)36)41-27-42(39-26-31-12-2-4-14-33(31)35-16-6-8-18-37(35)39)46-43(45-41)29-22-20-28(21-23-29)40-19-9-10-24-44-40/h1-5,7-15,17-27,34,36H,6,16H2. The van der Waals surface area contributed by atoms with Gasteiger partial charge in [-0.3, -0.25) is 4.98 Å². The molecule has 2 unspecified atom stereocenters. The van der Waals surface area contributed by atoms with Gasteiger partial charge in [0.15, 0.2) is 5.82 Å². The zero-order valence-electron chi connectivity index (χ0n) is 25.3. The molecule has 3 heteroatoms. The van der Waals surface area contributed by atoms with Crippen LogP contribution in [0.3, 0.4) is 0 Å². The van der Waals surface area contributed by atoms with E-state index in [1.807, 2.05) is 24.4 Å². The molecule has 2 atom stereocenters. The Morgan fingerprint density at radius 3 is 2.33 bits per heavy atom. The van der Waals surface area contributed by atoms with Crippen LogP contribution in [-0.4, -0.2) is 15.0 Å². The van der Waals surface area contributed by atoms with Crippen molar-refractivity contribution in [2.24, 2.45) is 5.92 Å². The predicted molar refractivity (Wildman–Crippen MR) is 190 cm³/mol. The Labute approximate surface area is 269 Å². The van der Waals surface area contributed by atoms with E-state index >= 15 is 0 Å². The minimum absolute atomic E-state index is 0.201. The minimum atomic E-state index is 0.201. The summed E-state index contributed by atoms with van der Waals surface area (Å²) < 4.78 is 0. The first-order chi connectivity index (χ1) is 22.8. The topological polar surface area (TPSA) is 38.7 Å². The number of nitrogens with zero attached hydrogens (tertiary/aromatic N) is 3. The van der Waals surface area contributed by atoms with E-state index in [1.54, 1.807) is 0 Å². The molecule has 9 rings (SSSR count). The molecule has 2 aromatic heterocycles. The monoisotopic (exact) mass is 589 g/mol. The van der Waals surface area contributed by atoms with Crippen molar-refractivity contribution in [2.45, 2.75) is 18.8 Å². The van der Waals surface area contributed by atoms with Gasteiger partial charge in [0.1, 0.15) is 0 Å². The summed E-state index contributed by atoms with van der Waals surface area (Å²) in [6, 6.07) is 36.5. The molecule has 218 valence electrons. The van der Waals surface area contributed by atoms with E-state index in [-0.39, 0.29) is 11.8 Å². The zero-order chi connectivity index (χ0) is 30.5. The summed E-state index contributed by atoms with van der Waals surface area (Å²) >= 11 is 0. The second-order valence-corrected chi connectivity index (χ2v) is 12.3. The van der Waals surface area contributed by atoms with E-state index in [1.165, 1.54) is 38.6 Å².